The molecule has 0 fully saturated rings. The first kappa shape index (κ1) is 12.9. The summed E-state index contributed by atoms with van der Waals surface area (Å²) >= 11 is 0. The Morgan fingerprint density at radius 3 is 2.62 bits per heavy atom. The molecule has 1 rings (SSSR count). The van der Waals surface area contributed by atoms with Crippen LogP contribution in [-0.4, -0.2) is 6.29 Å². The van der Waals surface area contributed by atoms with E-state index >= 15 is 0 Å². The van der Waals surface area contributed by atoms with Gasteiger partial charge >= 0.3 is 0 Å². The van der Waals surface area contributed by atoms with Crippen LogP contribution in [0.15, 0.2) is 24.3 Å². The van der Waals surface area contributed by atoms with Gasteiger partial charge in [0.05, 0.1) is 0 Å². The lowest BCUT2D eigenvalue weighted by Gasteiger charge is -2.34. The Morgan fingerprint density at radius 1 is 1.44 bits per heavy atom. The second-order valence-electron chi connectivity index (χ2n) is 4.79. The van der Waals surface area contributed by atoms with Gasteiger partial charge in [0.2, 0.25) is 0 Å². The molecule has 0 N–H and O–H groups in total. The maximum atomic E-state index is 13.2. The van der Waals surface area contributed by atoms with Gasteiger partial charge in [-0.2, -0.15) is 0 Å². The Morgan fingerprint density at radius 2 is 2.12 bits per heavy atom. The minimum Gasteiger partial charge on any atom is -0.303 e. The molecule has 2 heteroatoms. The van der Waals surface area contributed by atoms with E-state index in [1.54, 1.807) is 12.1 Å². The van der Waals surface area contributed by atoms with Crippen molar-refractivity contribution in [3.63, 3.8) is 0 Å². The van der Waals surface area contributed by atoms with Crippen molar-refractivity contribution in [2.45, 2.75) is 39.0 Å². The topological polar surface area (TPSA) is 17.1 Å². The lowest BCUT2D eigenvalue weighted by atomic mass is 9.70. The molecule has 0 aliphatic rings. The normalized spacial score (nSPS) is 14.8. The molecule has 1 atom stereocenters. The number of halogens is 1. The van der Waals surface area contributed by atoms with Crippen LogP contribution in [0.2, 0.25) is 0 Å². The van der Waals surface area contributed by atoms with Crippen LogP contribution >= 0.6 is 0 Å². The first-order valence-corrected chi connectivity index (χ1v) is 5.70. The van der Waals surface area contributed by atoms with E-state index in [2.05, 4.69) is 20.8 Å². The van der Waals surface area contributed by atoms with Gasteiger partial charge in [-0.05, 0) is 35.4 Å². The summed E-state index contributed by atoms with van der Waals surface area (Å²) in [6, 6.07) is 6.69. The first-order chi connectivity index (χ1) is 7.50. The fourth-order valence-corrected chi connectivity index (χ4v) is 1.97. The van der Waals surface area contributed by atoms with E-state index in [0.29, 0.717) is 12.3 Å². The highest BCUT2D eigenvalue weighted by molar-refractivity contribution is 5.49. The molecule has 0 bridgehead atoms. The third kappa shape index (κ3) is 2.69. The fourth-order valence-electron chi connectivity index (χ4n) is 1.97. The van der Waals surface area contributed by atoms with E-state index in [0.717, 1.165) is 18.3 Å². The van der Waals surface area contributed by atoms with Crippen LogP contribution in [-0.2, 0) is 10.2 Å². The van der Waals surface area contributed by atoms with Crippen molar-refractivity contribution < 1.29 is 9.18 Å². The second kappa shape index (κ2) is 5.24. The molecule has 0 saturated carbocycles. The van der Waals surface area contributed by atoms with Crippen molar-refractivity contribution in [3.8, 4) is 0 Å². The van der Waals surface area contributed by atoms with Crippen LogP contribution in [0.25, 0.3) is 0 Å². The van der Waals surface area contributed by atoms with Crippen molar-refractivity contribution in [1.29, 1.82) is 0 Å². The molecular formula is C14H19FO. The summed E-state index contributed by atoms with van der Waals surface area (Å²) in [4.78, 5) is 10.5. The first-order valence-electron chi connectivity index (χ1n) is 5.70. The van der Waals surface area contributed by atoms with E-state index < -0.39 is 0 Å². The van der Waals surface area contributed by atoms with Gasteiger partial charge in [-0.1, -0.05) is 32.9 Å². The molecule has 1 aromatic carbocycles. The molecule has 0 aliphatic carbocycles. The van der Waals surface area contributed by atoms with Gasteiger partial charge < -0.3 is 4.79 Å². The van der Waals surface area contributed by atoms with Crippen molar-refractivity contribution >= 4 is 6.29 Å². The van der Waals surface area contributed by atoms with Gasteiger partial charge in [-0.25, -0.2) is 4.39 Å². The number of rotatable bonds is 5. The SMILES string of the molecule is CC(C)C(C)(CCC=O)c1cccc(F)c1. The average molecular weight is 222 g/mol. The van der Waals surface area contributed by atoms with E-state index in [-0.39, 0.29) is 11.2 Å². The summed E-state index contributed by atoms with van der Waals surface area (Å²) < 4.78 is 13.2. The Balaban J connectivity index is 3.05. The van der Waals surface area contributed by atoms with E-state index in [9.17, 15) is 9.18 Å². The predicted molar refractivity (Wildman–Crippen MR) is 63.9 cm³/mol. The lowest BCUT2D eigenvalue weighted by Crippen LogP contribution is -2.28. The number of carbonyl (C=O) groups is 1. The Kier molecular flexibility index (Phi) is 4.22. The number of benzene rings is 1. The van der Waals surface area contributed by atoms with Gasteiger partial charge in [0.25, 0.3) is 0 Å². The quantitative estimate of drug-likeness (QED) is 0.694. The van der Waals surface area contributed by atoms with Crippen LogP contribution in [0.4, 0.5) is 4.39 Å². The Bertz CT molecular complexity index is 360. The van der Waals surface area contributed by atoms with Gasteiger partial charge in [0.15, 0.2) is 0 Å². The van der Waals surface area contributed by atoms with Crippen molar-refractivity contribution in [2.24, 2.45) is 5.92 Å². The summed E-state index contributed by atoms with van der Waals surface area (Å²) in [6.45, 7) is 6.31. The third-order valence-corrected chi connectivity index (χ3v) is 3.54. The standard InChI is InChI=1S/C14H19FO/c1-11(2)14(3,8-5-9-16)12-6-4-7-13(15)10-12/h4,6-7,9-11H,5,8H2,1-3H3. The third-order valence-electron chi connectivity index (χ3n) is 3.54. The van der Waals surface area contributed by atoms with Gasteiger partial charge in [-0.15, -0.1) is 0 Å². The molecular weight excluding hydrogens is 203 g/mol. The molecule has 0 saturated heterocycles. The van der Waals surface area contributed by atoms with Crippen LogP contribution in [0, 0.1) is 11.7 Å². The molecule has 88 valence electrons. The molecule has 0 amide bonds. The number of hydrogen-bond donors (Lipinski definition) is 0. The summed E-state index contributed by atoms with van der Waals surface area (Å²) in [5, 5.41) is 0. The van der Waals surface area contributed by atoms with Crippen LogP contribution in [0.5, 0.6) is 0 Å². The van der Waals surface area contributed by atoms with Crippen LogP contribution in [0.1, 0.15) is 39.2 Å². The van der Waals surface area contributed by atoms with Gasteiger partial charge in [0.1, 0.15) is 12.1 Å². The zero-order valence-corrected chi connectivity index (χ0v) is 10.2. The summed E-state index contributed by atoms with van der Waals surface area (Å²) in [5.41, 5.74) is 0.840. The van der Waals surface area contributed by atoms with Crippen molar-refractivity contribution in [1.82, 2.24) is 0 Å². The molecule has 0 radical (unpaired) electrons. The highest BCUT2D eigenvalue weighted by Gasteiger charge is 2.30. The lowest BCUT2D eigenvalue weighted by molar-refractivity contribution is -0.108. The number of hydrogen-bond acceptors (Lipinski definition) is 1. The summed E-state index contributed by atoms with van der Waals surface area (Å²) in [7, 11) is 0. The zero-order valence-electron chi connectivity index (χ0n) is 10.2. The maximum Gasteiger partial charge on any atom is 0.123 e. The van der Waals surface area contributed by atoms with Crippen LogP contribution < -0.4 is 0 Å². The van der Waals surface area contributed by atoms with Crippen LogP contribution in [0.3, 0.4) is 0 Å². The second-order valence-corrected chi connectivity index (χ2v) is 4.79. The minimum absolute atomic E-state index is 0.136. The highest BCUT2D eigenvalue weighted by atomic mass is 19.1. The average Bonchev–Trinajstić information content (AvgIpc) is 2.25. The monoisotopic (exact) mass is 222 g/mol. The number of carbonyl (C=O) groups excluding carboxylic acids is 1. The fraction of sp³-hybridized carbons (Fsp3) is 0.500. The molecule has 1 nitrogen and oxygen atoms in total. The molecule has 16 heavy (non-hydrogen) atoms. The van der Waals surface area contributed by atoms with Gasteiger partial charge in [-0.3, -0.25) is 0 Å². The van der Waals surface area contributed by atoms with Crippen molar-refractivity contribution in [2.75, 3.05) is 0 Å². The molecule has 1 aromatic rings. The highest BCUT2D eigenvalue weighted by Crippen LogP contribution is 2.36. The smallest absolute Gasteiger partial charge is 0.123 e. The van der Waals surface area contributed by atoms with E-state index in [1.807, 2.05) is 6.07 Å². The Labute approximate surface area is 96.7 Å². The van der Waals surface area contributed by atoms with E-state index in [4.69, 9.17) is 0 Å². The minimum atomic E-state index is -0.213. The molecule has 0 spiro atoms. The molecule has 0 aliphatic heterocycles. The Hall–Kier alpha value is -1.18. The van der Waals surface area contributed by atoms with Crippen molar-refractivity contribution in [3.05, 3.63) is 35.6 Å². The largest absolute Gasteiger partial charge is 0.303 e. The van der Waals surface area contributed by atoms with Gasteiger partial charge in [0, 0.05) is 6.42 Å². The molecule has 0 heterocycles. The molecule has 0 aromatic heterocycles. The molecule has 1 unspecified atom stereocenters. The van der Waals surface area contributed by atoms with E-state index in [1.165, 1.54) is 6.07 Å². The summed E-state index contributed by atoms with van der Waals surface area (Å²) in [6.07, 6.45) is 2.21. The summed E-state index contributed by atoms with van der Waals surface area (Å²) in [5.74, 6) is 0.157. The number of aldehydes is 1. The zero-order chi connectivity index (χ0) is 12.2. The maximum absolute atomic E-state index is 13.2. The predicted octanol–water partition coefficient (Wildman–Crippen LogP) is 3.72.